The molecule has 30 heavy (non-hydrogen) atoms. The predicted molar refractivity (Wildman–Crippen MR) is 122 cm³/mol. The number of hydrogen-bond donors (Lipinski definition) is 1. The van der Waals surface area contributed by atoms with Crippen molar-refractivity contribution in [2.75, 3.05) is 24.2 Å². The minimum Gasteiger partial charge on any atom is -0.357 e. The van der Waals surface area contributed by atoms with Crippen molar-refractivity contribution in [3.05, 3.63) is 63.6 Å². The van der Waals surface area contributed by atoms with Crippen LogP contribution >= 0.6 is 27.5 Å². The highest BCUT2D eigenvalue weighted by atomic mass is 79.9. The number of carbonyl (C=O) groups is 2. The molecule has 162 valence electrons. The van der Waals surface area contributed by atoms with Gasteiger partial charge in [-0.15, -0.1) is 0 Å². The minimum absolute atomic E-state index is 0.123. The fraction of sp³-hybridized carbons (Fsp3) is 0.300. The fourth-order valence-electron chi connectivity index (χ4n) is 2.83. The van der Waals surface area contributed by atoms with Gasteiger partial charge in [-0.05, 0) is 52.7 Å². The van der Waals surface area contributed by atoms with Gasteiger partial charge < -0.3 is 10.2 Å². The van der Waals surface area contributed by atoms with Gasteiger partial charge in [-0.3, -0.25) is 13.9 Å². The Bertz CT molecular complexity index is 1010. The number of hydrogen-bond acceptors (Lipinski definition) is 4. The quantitative estimate of drug-likeness (QED) is 0.584. The van der Waals surface area contributed by atoms with Crippen molar-refractivity contribution < 1.29 is 18.0 Å². The molecule has 1 unspecified atom stereocenters. The summed E-state index contributed by atoms with van der Waals surface area (Å²) in [4.78, 5) is 26.8. The molecule has 10 heteroatoms. The number of sulfonamides is 1. The first kappa shape index (κ1) is 24.2. The number of halogens is 2. The Morgan fingerprint density at radius 1 is 1.13 bits per heavy atom. The predicted octanol–water partition coefficient (Wildman–Crippen LogP) is 3.03. The van der Waals surface area contributed by atoms with E-state index in [9.17, 15) is 18.0 Å². The maximum atomic E-state index is 13.2. The third kappa shape index (κ3) is 6.20. The monoisotopic (exact) mass is 515 g/mol. The molecule has 0 radical (unpaired) electrons. The van der Waals surface area contributed by atoms with Gasteiger partial charge >= 0.3 is 0 Å². The van der Waals surface area contributed by atoms with Crippen LogP contribution in [0.5, 0.6) is 0 Å². The summed E-state index contributed by atoms with van der Waals surface area (Å²) in [6.07, 6.45) is 1.03. The summed E-state index contributed by atoms with van der Waals surface area (Å²) in [5, 5.41) is 3.08. The van der Waals surface area contributed by atoms with Gasteiger partial charge in [-0.25, -0.2) is 8.42 Å². The molecule has 2 rings (SSSR count). The Morgan fingerprint density at radius 3 is 2.27 bits per heavy atom. The highest BCUT2D eigenvalue weighted by Gasteiger charge is 2.30. The standard InChI is InChI=1S/C20H23BrClN3O4S/c1-14(20(27)23-2)24(12-15-8-10-16(22)11-9-15)19(26)13-25(30(3,28)29)18-7-5-4-6-17(18)21/h4-11,14H,12-13H2,1-3H3,(H,23,27). The molecule has 0 saturated carbocycles. The zero-order chi connectivity index (χ0) is 22.5. The molecule has 2 amide bonds. The fourth-order valence-corrected chi connectivity index (χ4v) is 4.43. The first-order chi connectivity index (χ1) is 14.0. The molecule has 7 nitrogen and oxygen atoms in total. The molecule has 0 aliphatic heterocycles. The molecule has 1 atom stereocenters. The summed E-state index contributed by atoms with van der Waals surface area (Å²) >= 11 is 9.26. The summed E-state index contributed by atoms with van der Waals surface area (Å²) in [6.45, 7) is 1.27. The van der Waals surface area contributed by atoms with Gasteiger partial charge in [0.1, 0.15) is 12.6 Å². The lowest BCUT2D eigenvalue weighted by Crippen LogP contribution is -2.50. The van der Waals surface area contributed by atoms with Crippen molar-refractivity contribution in [1.82, 2.24) is 10.2 Å². The number of rotatable bonds is 8. The Labute approximate surface area is 190 Å². The van der Waals surface area contributed by atoms with Crippen molar-refractivity contribution in [2.45, 2.75) is 19.5 Å². The summed E-state index contributed by atoms with van der Waals surface area (Å²) in [5.74, 6) is -0.869. The lowest BCUT2D eigenvalue weighted by atomic mass is 10.1. The van der Waals surface area contributed by atoms with Gasteiger partial charge in [0.15, 0.2) is 0 Å². The van der Waals surface area contributed by atoms with Crippen LogP contribution in [0.25, 0.3) is 0 Å². The first-order valence-electron chi connectivity index (χ1n) is 9.02. The number of amides is 2. The molecule has 0 aliphatic rings. The molecule has 0 aromatic heterocycles. The number of anilines is 1. The number of benzene rings is 2. The van der Waals surface area contributed by atoms with E-state index in [2.05, 4.69) is 21.2 Å². The Hall–Kier alpha value is -2.10. The molecule has 0 spiro atoms. The van der Waals surface area contributed by atoms with Crippen molar-refractivity contribution in [3.63, 3.8) is 0 Å². The highest BCUT2D eigenvalue weighted by molar-refractivity contribution is 9.10. The number of carbonyl (C=O) groups excluding carboxylic acids is 2. The van der Waals surface area contributed by atoms with Crippen LogP contribution in [0.2, 0.25) is 5.02 Å². The SMILES string of the molecule is CNC(=O)C(C)N(Cc1ccc(Cl)cc1)C(=O)CN(c1ccccc1Br)S(C)(=O)=O. The van der Waals surface area contributed by atoms with E-state index < -0.39 is 28.5 Å². The minimum atomic E-state index is -3.76. The molecule has 0 heterocycles. The maximum absolute atomic E-state index is 13.2. The molecule has 0 fully saturated rings. The Kier molecular flexibility index (Phi) is 8.28. The Balaban J connectivity index is 2.38. The van der Waals surface area contributed by atoms with E-state index in [1.54, 1.807) is 55.5 Å². The summed E-state index contributed by atoms with van der Waals surface area (Å²) in [6, 6.07) is 12.8. The van der Waals surface area contributed by atoms with Crippen LogP contribution in [0.4, 0.5) is 5.69 Å². The summed E-state index contributed by atoms with van der Waals surface area (Å²) < 4.78 is 26.4. The van der Waals surface area contributed by atoms with Crippen LogP contribution in [0.3, 0.4) is 0 Å². The number of nitrogens with one attached hydrogen (secondary N) is 1. The second kappa shape index (κ2) is 10.3. The largest absolute Gasteiger partial charge is 0.357 e. The molecule has 2 aromatic carbocycles. The normalized spacial score (nSPS) is 12.2. The number of likely N-dealkylation sites (N-methyl/N-ethyl adjacent to an activating group) is 1. The molecular formula is C20H23BrClN3O4S. The van der Waals surface area contributed by atoms with Gasteiger partial charge in [0, 0.05) is 23.1 Å². The van der Waals surface area contributed by atoms with Crippen LogP contribution < -0.4 is 9.62 Å². The van der Waals surface area contributed by atoms with Gasteiger partial charge in [-0.1, -0.05) is 35.9 Å². The average molecular weight is 517 g/mol. The first-order valence-corrected chi connectivity index (χ1v) is 12.0. The second-order valence-electron chi connectivity index (χ2n) is 6.66. The smallest absolute Gasteiger partial charge is 0.244 e. The van der Waals surface area contributed by atoms with Crippen LogP contribution in [0.15, 0.2) is 53.0 Å². The van der Waals surface area contributed by atoms with Crippen LogP contribution in [-0.4, -0.2) is 51.0 Å². The lowest BCUT2D eigenvalue weighted by Gasteiger charge is -2.31. The van der Waals surface area contributed by atoms with E-state index in [4.69, 9.17) is 11.6 Å². The average Bonchev–Trinajstić information content (AvgIpc) is 2.70. The molecular weight excluding hydrogens is 494 g/mol. The van der Waals surface area contributed by atoms with E-state index in [0.29, 0.717) is 15.2 Å². The van der Waals surface area contributed by atoms with Crippen LogP contribution in [0, 0.1) is 0 Å². The molecule has 2 aromatic rings. The van der Waals surface area contributed by atoms with E-state index in [-0.39, 0.29) is 12.5 Å². The van der Waals surface area contributed by atoms with Crippen molar-refractivity contribution in [2.24, 2.45) is 0 Å². The third-order valence-electron chi connectivity index (χ3n) is 4.48. The molecule has 0 aliphatic carbocycles. The lowest BCUT2D eigenvalue weighted by molar-refractivity contribution is -0.139. The van der Waals surface area contributed by atoms with Gasteiger partial charge in [0.2, 0.25) is 21.8 Å². The Morgan fingerprint density at radius 2 is 1.73 bits per heavy atom. The zero-order valence-corrected chi connectivity index (χ0v) is 20.0. The van der Waals surface area contributed by atoms with E-state index in [0.717, 1.165) is 16.1 Å². The van der Waals surface area contributed by atoms with Crippen molar-refractivity contribution in [1.29, 1.82) is 0 Å². The van der Waals surface area contributed by atoms with E-state index in [1.807, 2.05) is 0 Å². The van der Waals surface area contributed by atoms with Crippen molar-refractivity contribution in [3.8, 4) is 0 Å². The van der Waals surface area contributed by atoms with Gasteiger partial charge in [-0.2, -0.15) is 0 Å². The topological polar surface area (TPSA) is 86.8 Å². The molecule has 0 saturated heterocycles. The van der Waals surface area contributed by atoms with Gasteiger partial charge in [0.05, 0.1) is 11.9 Å². The third-order valence-corrected chi connectivity index (χ3v) is 6.53. The van der Waals surface area contributed by atoms with Crippen molar-refractivity contribution >= 4 is 55.1 Å². The molecule has 0 bridgehead atoms. The maximum Gasteiger partial charge on any atom is 0.244 e. The number of nitrogens with zero attached hydrogens (tertiary/aromatic N) is 2. The van der Waals surface area contributed by atoms with Gasteiger partial charge in [0.25, 0.3) is 0 Å². The van der Waals surface area contributed by atoms with E-state index in [1.165, 1.54) is 11.9 Å². The highest BCUT2D eigenvalue weighted by Crippen LogP contribution is 2.28. The zero-order valence-electron chi connectivity index (χ0n) is 16.8. The summed E-state index contributed by atoms with van der Waals surface area (Å²) in [5.41, 5.74) is 1.10. The van der Waals surface area contributed by atoms with Crippen LogP contribution in [-0.2, 0) is 26.2 Å². The van der Waals surface area contributed by atoms with E-state index >= 15 is 0 Å². The van der Waals surface area contributed by atoms with Crippen LogP contribution in [0.1, 0.15) is 12.5 Å². The second-order valence-corrected chi connectivity index (χ2v) is 9.86. The number of para-hydroxylation sites is 1. The molecule has 1 N–H and O–H groups in total. The summed E-state index contributed by atoms with van der Waals surface area (Å²) in [7, 11) is -2.28.